The molecule has 7 heteroatoms. The van der Waals surface area contributed by atoms with E-state index in [0.717, 1.165) is 28.8 Å². The molecule has 182 valence electrons. The summed E-state index contributed by atoms with van der Waals surface area (Å²) in [5, 5.41) is 12.2. The Morgan fingerprint density at radius 3 is 1.89 bits per heavy atom. The molecule has 36 heavy (non-hydrogen) atoms. The number of carbonyl (C=O) groups is 2. The first-order chi connectivity index (χ1) is 17.2. The standard InChI is InChI=1S/C29H22F3NO3/c30-29(31,32)25-15-13-22(14-16-25)23-7-4-8-24(18-23)27(34)33-26(28(35)36)17-19-9-11-21(12-10-19)20-5-2-1-3-6-20/h1-16,18,26H,17H2,(H,33,34)(H,35,36)/t26-/m0/s1. The molecule has 0 aliphatic heterocycles. The van der Waals surface area contributed by atoms with E-state index in [1.807, 2.05) is 54.6 Å². The van der Waals surface area contributed by atoms with Crippen LogP contribution in [0, 0.1) is 0 Å². The third kappa shape index (κ3) is 5.99. The van der Waals surface area contributed by atoms with Gasteiger partial charge in [-0.05, 0) is 52.1 Å². The van der Waals surface area contributed by atoms with E-state index in [-0.39, 0.29) is 12.0 Å². The summed E-state index contributed by atoms with van der Waals surface area (Å²) >= 11 is 0. The molecule has 0 bridgehead atoms. The Kier molecular flexibility index (Phi) is 7.20. The molecule has 0 aliphatic rings. The van der Waals surface area contributed by atoms with Gasteiger partial charge in [0.05, 0.1) is 5.56 Å². The van der Waals surface area contributed by atoms with E-state index in [1.165, 1.54) is 24.3 Å². The van der Waals surface area contributed by atoms with Crippen LogP contribution in [0.15, 0.2) is 103 Å². The number of alkyl halides is 3. The molecule has 0 aliphatic carbocycles. The van der Waals surface area contributed by atoms with Gasteiger partial charge in [-0.3, -0.25) is 4.79 Å². The molecule has 0 saturated carbocycles. The number of amides is 1. The van der Waals surface area contributed by atoms with Gasteiger partial charge in [-0.2, -0.15) is 13.2 Å². The Bertz CT molecular complexity index is 1350. The molecule has 1 amide bonds. The summed E-state index contributed by atoms with van der Waals surface area (Å²) in [6.45, 7) is 0. The molecule has 0 unspecified atom stereocenters. The first-order valence-electron chi connectivity index (χ1n) is 11.2. The molecule has 4 rings (SSSR count). The van der Waals surface area contributed by atoms with Crippen molar-refractivity contribution in [1.82, 2.24) is 5.32 Å². The Morgan fingerprint density at radius 2 is 1.28 bits per heavy atom. The predicted octanol–water partition coefficient (Wildman–Crippen LogP) is 6.47. The summed E-state index contributed by atoms with van der Waals surface area (Å²) < 4.78 is 38.5. The minimum absolute atomic E-state index is 0.0920. The van der Waals surface area contributed by atoms with Gasteiger partial charge in [0.2, 0.25) is 0 Å². The molecule has 0 fully saturated rings. The number of aliphatic carboxylic acids is 1. The first-order valence-corrected chi connectivity index (χ1v) is 11.2. The van der Waals surface area contributed by atoms with Crippen molar-refractivity contribution in [3.8, 4) is 22.3 Å². The van der Waals surface area contributed by atoms with Crippen LogP contribution in [0.3, 0.4) is 0 Å². The maximum atomic E-state index is 12.8. The minimum Gasteiger partial charge on any atom is -0.480 e. The quantitative estimate of drug-likeness (QED) is 0.313. The number of hydrogen-bond donors (Lipinski definition) is 2. The fourth-order valence-electron chi connectivity index (χ4n) is 3.83. The first kappa shape index (κ1) is 24.7. The van der Waals surface area contributed by atoms with E-state index >= 15 is 0 Å². The van der Waals surface area contributed by atoms with Crippen LogP contribution in [0.25, 0.3) is 22.3 Å². The van der Waals surface area contributed by atoms with Crippen LogP contribution in [0.4, 0.5) is 13.2 Å². The lowest BCUT2D eigenvalue weighted by Crippen LogP contribution is -2.42. The zero-order chi connectivity index (χ0) is 25.7. The Morgan fingerprint density at radius 1 is 0.722 bits per heavy atom. The van der Waals surface area contributed by atoms with Gasteiger partial charge < -0.3 is 10.4 Å². The molecule has 0 spiro atoms. The van der Waals surface area contributed by atoms with E-state index in [9.17, 15) is 27.9 Å². The van der Waals surface area contributed by atoms with Crippen molar-refractivity contribution in [2.24, 2.45) is 0 Å². The normalized spacial score (nSPS) is 12.1. The number of carboxylic acids is 1. The summed E-state index contributed by atoms with van der Waals surface area (Å²) in [4.78, 5) is 24.7. The highest BCUT2D eigenvalue weighted by Gasteiger charge is 2.30. The highest BCUT2D eigenvalue weighted by molar-refractivity contribution is 5.97. The summed E-state index contributed by atoms with van der Waals surface area (Å²) in [5.74, 6) is -1.76. The number of carboxylic acid groups (broad SMARTS) is 1. The number of rotatable bonds is 7. The molecule has 0 heterocycles. The highest BCUT2D eigenvalue weighted by Crippen LogP contribution is 2.31. The van der Waals surface area contributed by atoms with Crippen molar-refractivity contribution in [3.05, 3.63) is 120 Å². The second kappa shape index (κ2) is 10.5. The number of halogens is 3. The van der Waals surface area contributed by atoms with Crippen molar-refractivity contribution < 1.29 is 27.9 Å². The van der Waals surface area contributed by atoms with Gasteiger partial charge >= 0.3 is 12.1 Å². The van der Waals surface area contributed by atoms with E-state index in [2.05, 4.69) is 5.32 Å². The summed E-state index contributed by atoms with van der Waals surface area (Å²) in [6.07, 6.45) is -4.34. The Hall–Kier alpha value is -4.39. The van der Waals surface area contributed by atoms with Crippen LogP contribution in [0.1, 0.15) is 21.5 Å². The van der Waals surface area contributed by atoms with E-state index < -0.39 is 29.7 Å². The Balaban J connectivity index is 1.46. The van der Waals surface area contributed by atoms with Gasteiger partial charge in [0.1, 0.15) is 6.04 Å². The highest BCUT2D eigenvalue weighted by atomic mass is 19.4. The maximum Gasteiger partial charge on any atom is 0.416 e. The predicted molar refractivity (Wildman–Crippen MR) is 131 cm³/mol. The number of hydrogen-bond acceptors (Lipinski definition) is 2. The second-order valence-electron chi connectivity index (χ2n) is 8.29. The van der Waals surface area contributed by atoms with Gasteiger partial charge in [0.25, 0.3) is 5.91 Å². The fourth-order valence-corrected chi connectivity index (χ4v) is 3.83. The van der Waals surface area contributed by atoms with Crippen LogP contribution in [-0.4, -0.2) is 23.0 Å². The van der Waals surface area contributed by atoms with Gasteiger partial charge in [0.15, 0.2) is 0 Å². The molecule has 0 aromatic heterocycles. The van der Waals surface area contributed by atoms with Gasteiger partial charge in [-0.1, -0.05) is 78.9 Å². The number of nitrogens with one attached hydrogen (secondary N) is 1. The van der Waals surface area contributed by atoms with Gasteiger partial charge in [-0.15, -0.1) is 0 Å². The average molecular weight is 489 g/mol. The molecule has 4 aromatic rings. The van der Waals surface area contributed by atoms with Crippen molar-refractivity contribution in [3.63, 3.8) is 0 Å². The lowest BCUT2D eigenvalue weighted by atomic mass is 9.99. The second-order valence-corrected chi connectivity index (χ2v) is 8.29. The summed E-state index contributed by atoms with van der Waals surface area (Å²) in [7, 11) is 0. The SMILES string of the molecule is O=C(N[C@@H](Cc1ccc(-c2ccccc2)cc1)C(=O)O)c1cccc(-c2ccc(C(F)(F)F)cc2)c1. The molecule has 4 nitrogen and oxygen atoms in total. The minimum atomic E-state index is -4.44. The third-order valence-corrected chi connectivity index (χ3v) is 5.77. The lowest BCUT2D eigenvalue weighted by Gasteiger charge is -2.15. The lowest BCUT2D eigenvalue weighted by molar-refractivity contribution is -0.139. The van der Waals surface area contributed by atoms with Crippen molar-refractivity contribution in [2.75, 3.05) is 0 Å². The van der Waals surface area contributed by atoms with Gasteiger partial charge in [-0.25, -0.2) is 4.79 Å². The molecular weight excluding hydrogens is 467 g/mol. The van der Waals surface area contributed by atoms with Crippen LogP contribution in [0.5, 0.6) is 0 Å². The van der Waals surface area contributed by atoms with E-state index in [4.69, 9.17) is 0 Å². The zero-order valence-electron chi connectivity index (χ0n) is 19.0. The smallest absolute Gasteiger partial charge is 0.416 e. The molecule has 2 N–H and O–H groups in total. The van der Waals surface area contributed by atoms with E-state index in [0.29, 0.717) is 11.1 Å². The molecular formula is C29H22F3NO3. The average Bonchev–Trinajstić information content (AvgIpc) is 2.89. The summed E-state index contributed by atoms with van der Waals surface area (Å²) in [6, 6.07) is 27.0. The third-order valence-electron chi connectivity index (χ3n) is 5.77. The van der Waals surface area contributed by atoms with Crippen LogP contribution < -0.4 is 5.32 Å². The molecule has 0 saturated heterocycles. The van der Waals surface area contributed by atoms with Crippen LogP contribution in [0.2, 0.25) is 0 Å². The van der Waals surface area contributed by atoms with Gasteiger partial charge in [0, 0.05) is 12.0 Å². The zero-order valence-corrected chi connectivity index (χ0v) is 19.0. The monoisotopic (exact) mass is 489 g/mol. The fraction of sp³-hybridized carbons (Fsp3) is 0.103. The topological polar surface area (TPSA) is 66.4 Å². The van der Waals surface area contributed by atoms with Crippen molar-refractivity contribution in [2.45, 2.75) is 18.6 Å². The van der Waals surface area contributed by atoms with E-state index in [1.54, 1.807) is 12.1 Å². The van der Waals surface area contributed by atoms with Crippen molar-refractivity contribution in [1.29, 1.82) is 0 Å². The van der Waals surface area contributed by atoms with Crippen molar-refractivity contribution >= 4 is 11.9 Å². The molecule has 1 atom stereocenters. The maximum absolute atomic E-state index is 12.8. The largest absolute Gasteiger partial charge is 0.480 e. The Labute approximate surface area is 206 Å². The molecule has 4 aromatic carbocycles. The summed E-state index contributed by atoms with van der Waals surface area (Å²) in [5.41, 5.74) is 3.28. The van der Waals surface area contributed by atoms with Crippen LogP contribution >= 0.6 is 0 Å². The molecule has 0 radical (unpaired) electrons. The number of benzene rings is 4. The van der Waals surface area contributed by atoms with Crippen LogP contribution in [-0.2, 0) is 17.4 Å². The number of carbonyl (C=O) groups excluding carboxylic acids is 1.